The van der Waals surface area contributed by atoms with Crippen LogP contribution in [-0.4, -0.2) is 37.5 Å². The minimum absolute atomic E-state index is 0.0862. The maximum atomic E-state index is 12.7. The van der Waals surface area contributed by atoms with E-state index in [0.717, 1.165) is 14.2 Å². The van der Waals surface area contributed by atoms with Crippen LogP contribution in [0.5, 0.6) is 0 Å². The van der Waals surface area contributed by atoms with Gasteiger partial charge in [0.25, 0.3) is 5.91 Å². The molecular weight excluding hydrogens is 332 g/mol. The van der Waals surface area contributed by atoms with Crippen LogP contribution in [0.25, 0.3) is 0 Å². The molecule has 0 aliphatic heterocycles. The minimum Gasteiger partial charge on any atom is -0.468 e. The maximum Gasteiger partial charge on any atom is 0.416 e. The molecule has 4 nitrogen and oxygen atoms in total. The van der Waals surface area contributed by atoms with Gasteiger partial charge >= 0.3 is 18.3 Å². The second kappa shape index (κ2) is 6.47. The number of amides is 1. The van der Waals surface area contributed by atoms with Gasteiger partial charge in [0.2, 0.25) is 0 Å². The van der Waals surface area contributed by atoms with Crippen LogP contribution in [0.3, 0.4) is 0 Å². The van der Waals surface area contributed by atoms with Crippen molar-refractivity contribution in [2.75, 3.05) is 20.7 Å². The van der Waals surface area contributed by atoms with Crippen molar-refractivity contribution in [3.05, 3.63) is 34.9 Å². The fourth-order valence-electron chi connectivity index (χ4n) is 1.63. The van der Waals surface area contributed by atoms with E-state index in [1.165, 1.54) is 0 Å². The third-order valence-corrected chi connectivity index (χ3v) is 2.78. The van der Waals surface area contributed by atoms with Gasteiger partial charge in [0.05, 0.1) is 18.2 Å². The highest BCUT2D eigenvalue weighted by Crippen LogP contribution is 2.36. The number of nitrogens with zero attached hydrogens (tertiary/aromatic N) is 1. The second-order valence-electron chi connectivity index (χ2n) is 4.53. The third-order valence-electron chi connectivity index (χ3n) is 2.78. The van der Waals surface area contributed by atoms with Crippen LogP contribution in [-0.2, 0) is 21.9 Å². The van der Waals surface area contributed by atoms with E-state index in [2.05, 4.69) is 4.74 Å². The summed E-state index contributed by atoms with van der Waals surface area (Å²) in [7, 11) is 2.07. The van der Waals surface area contributed by atoms with E-state index < -0.39 is 47.5 Å². The summed E-state index contributed by atoms with van der Waals surface area (Å²) in [5, 5.41) is 0. The molecule has 0 saturated heterocycles. The fraction of sp³-hybridized carbons (Fsp3) is 0.385. The summed E-state index contributed by atoms with van der Waals surface area (Å²) in [6, 6.07) is 0.508. The van der Waals surface area contributed by atoms with Gasteiger partial charge in [0, 0.05) is 12.6 Å². The van der Waals surface area contributed by atoms with Gasteiger partial charge in [-0.15, -0.1) is 0 Å². The van der Waals surface area contributed by atoms with Gasteiger partial charge < -0.3 is 9.64 Å². The summed E-state index contributed by atoms with van der Waals surface area (Å²) < 4.78 is 80.5. The first-order chi connectivity index (χ1) is 10.4. The molecular formula is C13H11F6NO3. The van der Waals surface area contributed by atoms with Gasteiger partial charge in [0.1, 0.15) is 6.54 Å². The molecule has 0 heterocycles. The Morgan fingerprint density at radius 2 is 1.43 bits per heavy atom. The Bertz CT molecular complexity index is 576. The van der Waals surface area contributed by atoms with Gasteiger partial charge in [-0.1, -0.05) is 0 Å². The fourth-order valence-corrected chi connectivity index (χ4v) is 1.63. The van der Waals surface area contributed by atoms with E-state index in [9.17, 15) is 35.9 Å². The number of esters is 1. The van der Waals surface area contributed by atoms with Crippen molar-refractivity contribution < 1.29 is 40.7 Å². The number of benzene rings is 1. The first kappa shape index (κ1) is 18.8. The van der Waals surface area contributed by atoms with Crippen LogP contribution in [0.1, 0.15) is 21.5 Å². The number of hydrogen-bond donors (Lipinski definition) is 0. The predicted octanol–water partition coefficient (Wildman–Crippen LogP) is 2.97. The zero-order valence-electron chi connectivity index (χ0n) is 11.9. The Balaban J connectivity index is 3.29. The number of hydrogen-bond acceptors (Lipinski definition) is 3. The molecule has 10 heteroatoms. The van der Waals surface area contributed by atoms with Gasteiger partial charge in [0.15, 0.2) is 0 Å². The Morgan fingerprint density at radius 3 is 1.78 bits per heavy atom. The van der Waals surface area contributed by atoms with Crippen molar-refractivity contribution in [2.24, 2.45) is 0 Å². The van der Waals surface area contributed by atoms with Crippen molar-refractivity contribution in [3.8, 4) is 0 Å². The van der Waals surface area contributed by atoms with Gasteiger partial charge in [-0.05, 0) is 18.2 Å². The lowest BCUT2D eigenvalue weighted by Crippen LogP contribution is -2.33. The van der Waals surface area contributed by atoms with Crippen molar-refractivity contribution in [1.29, 1.82) is 0 Å². The van der Waals surface area contributed by atoms with Crippen LogP contribution in [0, 0.1) is 0 Å². The summed E-state index contributed by atoms with van der Waals surface area (Å²) >= 11 is 0. The minimum atomic E-state index is -5.06. The molecule has 0 atom stereocenters. The van der Waals surface area contributed by atoms with Crippen LogP contribution < -0.4 is 0 Å². The SMILES string of the molecule is COC(=O)CN(C)C(=O)c1cc(C(F)(F)F)cc(C(F)(F)F)c1. The van der Waals surface area contributed by atoms with Gasteiger partial charge in [-0.2, -0.15) is 26.3 Å². The number of rotatable bonds is 3. The number of carbonyl (C=O) groups is 2. The van der Waals surface area contributed by atoms with Gasteiger partial charge in [-0.3, -0.25) is 9.59 Å². The number of carbonyl (C=O) groups excluding carboxylic acids is 2. The summed E-state index contributed by atoms with van der Waals surface area (Å²) in [4.78, 5) is 23.6. The molecule has 1 amide bonds. The number of likely N-dealkylation sites (N-methyl/N-ethyl adjacent to an activating group) is 1. The van der Waals surface area contributed by atoms with E-state index >= 15 is 0 Å². The predicted molar refractivity (Wildman–Crippen MR) is 65.4 cm³/mol. The van der Waals surface area contributed by atoms with E-state index in [-0.39, 0.29) is 6.07 Å². The second-order valence-corrected chi connectivity index (χ2v) is 4.53. The Morgan fingerprint density at radius 1 is 1.00 bits per heavy atom. The average molecular weight is 343 g/mol. The van der Waals surface area contributed by atoms with Crippen LogP contribution in [0.4, 0.5) is 26.3 Å². The van der Waals surface area contributed by atoms with E-state index in [1.54, 1.807) is 0 Å². The maximum absolute atomic E-state index is 12.7. The molecule has 1 rings (SSSR count). The summed E-state index contributed by atoms with van der Waals surface area (Å²) in [6.07, 6.45) is -10.1. The van der Waals surface area contributed by atoms with E-state index in [4.69, 9.17) is 0 Å². The molecule has 0 spiro atoms. The molecule has 0 aliphatic rings. The quantitative estimate of drug-likeness (QED) is 0.626. The molecule has 23 heavy (non-hydrogen) atoms. The molecule has 0 aliphatic carbocycles. The van der Waals surface area contributed by atoms with Crippen LogP contribution in [0.15, 0.2) is 18.2 Å². The number of ether oxygens (including phenoxy) is 1. The first-order valence-electron chi connectivity index (χ1n) is 5.98. The monoisotopic (exact) mass is 343 g/mol. The molecule has 1 aromatic rings. The van der Waals surface area contributed by atoms with Crippen molar-refractivity contribution >= 4 is 11.9 Å². The highest BCUT2D eigenvalue weighted by molar-refractivity contribution is 5.96. The molecule has 128 valence electrons. The Hall–Kier alpha value is -2.26. The smallest absolute Gasteiger partial charge is 0.416 e. The number of methoxy groups -OCH3 is 1. The molecule has 1 aromatic carbocycles. The lowest BCUT2D eigenvalue weighted by Gasteiger charge is -2.18. The van der Waals surface area contributed by atoms with Crippen molar-refractivity contribution in [2.45, 2.75) is 12.4 Å². The Kier molecular flexibility index (Phi) is 5.28. The third kappa shape index (κ3) is 4.86. The molecule has 0 fully saturated rings. The van der Waals surface area contributed by atoms with Gasteiger partial charge in [-0.25, -0.2) is 0 Å². The summed E-state index contributed by atoms with van der Waals surface area (Å²) in [5.41, 5.74) is -4.05. The normalized spacial score (nSPS) is 12.0. The molecule has 0 aromatic heterocycles. The summed E-state index contributed by atoms with van der Waals surface area (Å²) in [6.45, 7) is -0.618. The van der Waals surface area contributed by atoms with Crippen LogP contribution in [0.2, 0.25) is 0 Å². The lowest BCUT2D eigenvalue weighted by atomic mass is 10.0. The average Bonchev–Trinajstić information content (AvgIpc) is 2.43. The number of alkyl halides is 6. The lowest BCUT2D eigenvalue weighted by molar-refractivity contribution is -0.143. The largest absolute Gasteiger partial charge is 0.468 e. The van der Waals surface area contributed by atoms with Crippen molar-refractivity contribution in [1.82, 2.24) is 4.90 Å². The molecule has 0 unspecified atom stereocenters. The zero-order chi connectivity index (χ0) is 18.0. The number of halogens is 6. The topological polar surface area (TPSA) is 46.6 Å². The van der Waals surface area contributed by atoms with Crippen LogP contribution >= 0.6 is 0 Å². The first-order valence-corrected chi connectivity index (χ1v) is 5.98. The Labute approximate surface area is 126 Å². The summed E-state index contributed by atoms with van der Waals surface area (Å²) in [5.74, 6) is -2.05. The highest BCUT2D eigenvalue weighted by Gasteiger charge is 2.37. The molecule has 0 N–H and O–H groups in total. The molecule has 0 bridgehead atoms. The zero-order valence-corrected chi connectivity index (χ0v) is 11.9. The molecule has 0 saturated carbocycles. The van der Waals surface area contributed by atoms with Crippen molar-refractivity contribution in [3.63, 3.8) is 0 Å². The van der Waals surface area contributed by atoms with E-state index in [1.807, 2.05) is 0 Å². The highest BCUT2D eigenvalue weighted by atomic mass is 19.4. The standard InChI is InChI=1S/C13H11F6NO3/c1-20(6-10(21)23-2)11(22)7-3-8(12(14,15)16)5-9(4-7)13(17,18)19/h3-5H,6H2,1-2H3. The molecule has 0 radical (unpaired) electrons. The van der Waals surface area contributed by atoms with E-state index in [0.29, 0.717) is 17.0 Å².